The molecule has 0 aliphatic carbocycles. The van der Waals surface area contributed by atoms with Gasteiger partial charge in [0.2, 0.25) is 0 Å². The number of aliphatic carboxylic acids is 1. The highest BCUT2D eigenvalue weighted by molar-refractivity contribution is 5.98. The number of carbonyl (C=O) groups excluding carboxylic acids is 1. The van der Waals surface area contributed by atoms with Crippen LogP contribution in [-0.2, 0) is 4.79 Å². The minimum Gasteiger partial charge on any atom is -0.493 e. The van der Waals surface area contributed by atoms with Crippen molar-refractivity contribution in [1.29, 1.82) is 0 Å². The van der Waals surface area contributed by atoms with Crippen LogP contribution in [0.2, 0.25) is 0 Å². The number of carboxylic acids is 1. The highest BCUT2D eigenvalue weighted by Crippen LogP contribution is 2.23. The van der Waals surface area contributed by atoms with E-state index in [2.05, 4.69) is 4.90 Å². The van der Waals surface area contributed by atoms with Crippen LogP contribution in [0.3, 0.4) is 0 Å². The summed E-state index contributed by atoms with van der Waals surface area (Å²) < 4.78 is 5.52. The maximum absolute atomic E-state index is 12.5. The Morgan fingerprint density at radius 3 is 2.83 bits per heavy atom. The van der Waals surface area contributed by atoms with Crippen LogP contribution in [0, 0.1) is 0 Å². The lowest BCUT2D eigenvalue weighted by atomic mass is 10.1. The van der Waals surface area contributed by atoms with E-state index in [0.29, 0.717) is 43.3 Å². The number of para-hydroxylation sites is 1. The summed E-state index contributed by atoms with van der Waals surface area (Å²) in [6.07, 6.45) is 3.40. The molecule has 126 valence electrons. The monoisotopic (exact) mass is 319 g/mol. The summed E-state index contributed by atoms with van der Waals surface area (Å²) in [6, 6.07) is 7.63. The fourth-order valence-corrected chi connectivity index (χ4v) is 3.16. The van der Waals surface area contributed by atoms with Gasteiger partial charge < -0.3 is 9.84 Å². The first kappa shape index (κ1) is 17.5. The molecule has 0 saturated carbocycles. The summed E-state index contributed by atoms with van der Waals surface area (Å²) in [7, 11) is 0. The van der Waals surface area contributed by atoms with E-state index in [1.54, 1.807) is 6.07 Å². The van der Waals surface area contributed by atoms with E-state index in [1.807, 2.05) is 25.1 Å². The molecule has 5 heteroatoms. The van der Waals surface area contributed by atoms with Gasteiger partial charge in [0.1, 0.15) is 5.75 Å². The number of nitrogens with zero attached hydrogens (tertiary/aromatic N) is 1. The number of rotatable bonds is 9. The number of ketones is 1. The number of Topliss-reactive ketones (excluding diaryl/α,β-unsaturated/α-hetero) is 1. The topological polar surface area (TPSA) is 66.8 Å². The minimum absolute atomic E-state index is 0.0814. The summed E-state index contributed by atoms with van der Waals surface area (Å²) in [4.78, 5) is 25.4. The van der Waals surface area contributed by atoms with Gasteiger partial charge in [0, 0.05) is 25.4 Å². The van der Waals surface area contributed by atoms with Crippen molar-refractivity contribution in [3.05, 3.63) is 29.8 Å². The number of benzene rings is 1. The van der Waals surface area contributed by atoms with Gasteiger partial charge in [-0.25, -0.2) is 0 Å². The van der Waals surface area contributed by atoms with E-state index in [9.17, 15) is 9.59 Å². The molecule has 1 aromatic rings. The van der Waals surface area contributed by atoms with Crippen LogP contribution >= 0.6 is 0 Å². The van der Waals surface area contributed by atoms with Crippen LogP contribution in [0.15, 0.2) is 24.3 Å². The fraction of sp³-hybridized carbons (Fsp3) is 0.556. The van der Waals surface area contributed by atoms with Crippen LogP contribution in [0.4, 0.5) is 0 Å². The summed E-state index contributed by atoms with van der Waals surface area (Å²) in [5.74, 6) is -0.0275. The van der Waals surface area contributed by atoms with E-state index in [4.69, 9.17) is 9.84 Å². The molecule has 1 unspecified atom stereocenters. The standard InChI is InChI=1S/C18H25NO4/c1-2-23-17-8-4-3-7-15(17)16(20)11-13-19-12-5-6-14(19)9-10-18(21)22/h3-4,7-8,14H,2,5-6,9-13H2,1H3,(H,21,22). The molecule has 1 N–H and O–H groups in total. The third-order valence-electron chi connectivity index (χ3n) is 4.30. The van der Waals surface area contributed by atoms with Crippen molar-refractivity contribution in [2.45, 2.75) is 45.1 Å². The van der Waals surface area contributed by atoms with Gasteiger partial charge in [0.15, 0.2) is 5.78 Å². The number of hydrogen-bond donors (Lipinski definition) is 1. The first-order chi connectivity index (χ1) is 11.1. The lowest BCUT2D eigenvalue weighted by Crippen LogP contribution is -2.32. The second-order valence-electron chi connectivity index (χ2n) is 5.87. The Labute approximate surface area is 137 Å². The predicted octanol–water partition coefficient (Wildman–Crippen LogP) is 2.99. The molecular formula is C18H25NO4. The van der Waals surface area contributed by atoms with Gasteiger partial charge in [0.05, 0.1) is 12.2 Å². The van der Waals surface area contributed by atoms with Crippen molar-refractivity contribution in [3.8, 4) is 5.75 Å². The molecule has 1 aliphatic rings. The van der Waals surface area contributed by atoms with E-state index < -0.39 is 5.97 Å². The number of ether oxygens (including phenoxy) is 1. The van der Waals surface area contributed by atoms with Gasteiger partial charge in [-0.2, -0.15) is 0 Å². The van der Waals surface area contributed by atoms with Crippen LogP contribution < -0.4 is 4.74 Å². The molecule has 23 heavy (non-hydrogen) atoms. The Balaban J connectivity index is 1.89. The molecule has 0 spiro atoms. The molecule has 1 aliphatic heterocycles. The predicted molar refractivity (Wildman–Crippen MR) is 88.0 cm³/mol. The first-order valence-corrected chi connectivity index (χ1v) is 8.32. The first-order valence-electron chi connectivity index (χ1n) is 8.32. The lowest BCUT2D eigenvalue weighted by Gasteiger charge is -2.23. The SMILES string of the molecule is CCOc1ccccc1C(=O)CCN1CCCC1CCC(=O)O. The average molecular weight is 319 g/mol. The third-order valence-corrected chi connectivity index (χ3v) is 4.30. The van der Waals surface area contributed by atoms with Crippen molar-refractivity contribution >= 4 is 11.8 Å². The summed E-state index contributed by atoms with van der Waals surface area (Å²) in [5, 5.41) is 8.82. The zero-order valence-electron chi connectivity index (χ0n) is 13.7. The molecule has 5 nitrogen and oxygen atoms in total. The molecule has 0 radical (unpaired) electrons. The van der Waals surface area contributed by atoms with E-state index >= 15 is 0 Å². The van der Waals surface area contributed by atoms with E-state index in [-0.39, 0.29) is 12.2 Å². The van der Waals surface area contributed by atoms with Gasteiger partial charge in [-0.3, -0.25) is 14.5 Å². The van der Waals surface area contributed by atoms with Crippen molar-refractivity contribution in [2.24, 2.45) is 0 Å². The molecule has 0 aromatic heterocycles. The Kier molecular flexibility index (Phi) is 6.59. The molecule has 1 heterocycles. The Morgan fingerprint density at radius 1 is 1.30 bits per heavy atom. The minimum atomic E-state index is -0.751. The molecule has 0 bridgehead atoms. The largest absolute Gasteiger partial charge is 0.493 e. The second-order valence-corrected chi connectivity index (χ2v) is 5.87. The van der Waals surface area contributed by atoms with Crippen molar-refractivity contribution in [3.63, 3.8) is 0 Å². The summed E-state index contributed by atoms with van der Waals surface area (Å²) in [6.45, 7) is 4.07. The van der Waals surface area contributed by atoms with Crippen LogP contribution in [0.25, 0.3) is 0 Å². The molecular weight excluding hydrogens is 294 g/mol. The molecule has 2 rings (SSSR count). The zero-order chi connectivity index (χ0) is 16.7. The maximum Gasteiger partial charge on any atom is 0.303 e. The van der Waals surface area contributed by atoms with Crippen LogP contribution in [0.5, 0.6) is 5.75 Å². The highest BCUT2D eigenvalue weighted by atomic mass is 16.5. The van der Waals surface area contributed by atoms with Crippen molar-refractivity contribution in [1.82, 2.24) is 4.90 Å². The van der Waals surface area contributed by atoms with Crippen LogP contribution in [0.1, 0.15) is 49.4 Å². The lowest BCUT2D eigenvalue weighted by molar-refractivity contribution is -0.137. The molecule has 1 atom stereocenters. The zero-order valence-corrected chi connectivity index (χ0v) is 13.7. The molecule has 1 fully saturated rings. The smallest absolute Gasteiger partial charge is 0.303 e. The fourth-order valence-electron chi connectivity index (χ4n) is 3.16. The average Bonchev–Trinajstić information content (AvgIpc) is 2.99. The number of carboxylic acid groups (broad SMARTS) is 1. The molecule has 1 aromatic carbocycles. The number of likely N-dealkylation sites (tertiary alicyclic amines) is 1. The van der Waals surface area contributed by atoms with Crippen LogP contribution in [-0.4, -0.2) is 47.5 Å². The van der Waals surface area contributed by atoms with Gasteiger partial charge in [0.25, 0.3) is 0 Å². The molecule has 0 amide bonds. The highest BCUT2D eigenvalue weighted by Gasteiger charge is 2.25. The second kappa shape index (κ2) is 8.67. The maximum atomic E-state index is 12.5. The van der Waals surface area contributed by atoms with E-state index in [1.165, 1.54) is 0 Å². The van der Waals surface area contributed by atoms with E-state index in [0.717, 1.165) is 19.4 Å². The Hall–Kier alpha value is -1.88. The van der Waals surface area contributed by atoms with Gasteiger partial charge in [-0.05, 0) is 44.9 Å². The summed E-state index contributed by atoms with van der Waals surface area (Å²) in [5.41, 5.74) is 0.635. The Morgan fingerprint density at radius 2 is 2.09 bits per heavy atom. The summed E-state index contributed by atoms with van der Waals surface area (Å²) >= 11 is 0. The molecule has 1 saturated heterocycles. The third kappa shape index (κ3) is 5.06. The van der Waals surface area contributed by atoms with Gasteiger partial charge in [-0.15, -0.1) is 0 Å². The van der Waals surface area contributed by atoms with Gasteiger partial charge in [-0.1, -0.05) is 12.1 Å². The normalized spacial score (nSPS) is 18.0. The number of hydrogen-bond acceptors (Lipinski definition) is 4. The van der Waals surface area contributed by atoms with Crippen molar-refractivity contribution < 1.29 is 19.4 Å². The Bertz CT molecular complexity index is 544. The number of carbonyl (C=O) groups is 2. The van der Waals surface area contributed by atoms with Crippen molar-refractivity contribution in [2.75, 3.05) is 19.7 Å². The quantitative estimate of drug-likeness (QED) is 0.709. The van der Waals surface area contributed by atoms with Gasteiger partial charge >= 0.3 is 5.97 Å².